The summed E-state index contributed by atoms with van der Waals surface area (Å²) >= 11 is 0. The highest BCUT2D eigenvalue weighted by molar-refractivity contribution is 7.60. The fourth-order valence-corrected chi connectivity index (χ4v) is 2.53. The quantitative estimate of drug-likeness (QED) is 0.250. The molecule has 1 heterocycles. The first-order valence-corrected chi connectivity index (χ1v) is 8.66. The van der Waals surface area contributed by atoms with Gasteiger partial charge in [0, 0.05) is 12.8 Å². The van der Waals surface area contributed by atoms with E-state index in [4.69, 9.17) is 5.73 Å². The molecule has 1 rings (SSSR count). The second-order valence-corrected chi connectivity index (χ2v) is 6.80. The van der Waals surface area contributed by atoms with Gasteiger partial charge in [0.15, 0.2) is 11.2 Å². The second-order valence-electron chi connectivity index (χ2n) is 5.25. The lowest BCUT2D eigenvalue weighted by atomic mass is 10.1. The molecule has 0 spiro atoms. The smallest absolute Gasteiger partial charge is 0.370 e. The van der Waals surface area contributed by atoms with E-state index in [0.717, 1.165) is 10.9 Å². The van der Waals surface area contributed by atoms with E-state index in [0.29, 0.717) is 0 Å². The first-order chi connectivity index (χ1) is 11.5. The molecule has 12 nitrogen and oxygen atoms in total. The molecule has 0 saturated carbocycles. The number of carbonyl (C=O) groups excluding carboxylic acids is 4. The molecule has 0 fully saturated rings. The Hall–Kier alpha value is -2.43. The Kier molecular flexibility index (Phi) is 7.09. The topological polar surface area (TPSA) is 195 Å². The van der Waals surface area contributed by atoms with Crippen LogP contribution in [0.15, 0.2) is 6.20 Å². The minimum absolute atomic E-state index is 0.263. The first-order valence-electron chi connectivity index (χ1n) is 7.05. The van der Waals surface area contributed by atoms with E-state index in [9.17, 15) is 33.5 Å². The average Bonchev–Trinajstić information content (AvgIpc) is 2.91. The summed E-state index contributed by atoms with van der Waals surface area (Å²) in [6.07, 6.45) is -0.188. The third kappa shape index (κ3) is 6.91. The van der Waals surface area contributed by atoms with E-state index in [1.807, 2.05) is 0 Å². The van der Waals surface area contributed by atoms with Crippen molar-refractivity contribution in [3.8, 4) is 0 Å². The molecular weight excluding hydrogens is 357 g/mol. The molecule has 1 aromatic rings. The van der Waals surface area contributed by atoms with Gasteiger partial charge in [-0.1, -0.05) is 5.21 Å². The molecule has 0 saturated heterocycles. The molecule has 1 atom stereocenters. The van der Waals surface area contributed by atoms with Crippen LogP contribution < -0.4 is 16.5 Å². The van der Waals surface area contributed by atoms with E-state index >= 15 is 0 Å². The van der Waals surface area contributed by atoms with Crippen molar-refractivity contribution in [3.05, 3.63) is 6.20 Å². The Morgan fingerprint density at radius 2 is 1.96 bits per heavy atom. The van der Waals surface area contributed by atoms with Crippen molar-refractivity contribution in [2.75, 3.05) is 0 Å². The molecule has 1 aromatic heterocycles. The maximum atomic E-state index is 12.2. The van der Waals surface area contributed by atoms with Gasteiger partial charge in [0.25, 0.3) is 0 Å². The zero-order chi connectivity index (χ0) is 19.2. The summed E-state index contributed by atoms with van der Waals surface area (Å²) in [6.45, 7) is 0.758. The molecule has 0 unspecified atom stereocenters. The highest BCUT2D eigenvalue weighted by atomic mass is 31.2. The van der Waals surface area contributed by atoms with Crippen LogP contribution in [0.3, 0.4) is 0 Å². The number of hydrogen-bond donors (Lipinski definition) is 4. The zero-order valence-electron chi connectivity index (χ0n) is 13.3. The monoisotopic (exact) mass is 375 g/mol. The summed E-state index contributed by atoms with van der Waals surface area (Å²) in [5.74, 6) is -2.51. The number of primary amides is 1. The lowest BCUT2D eigenvalue weighted by Crippen LogP contribution is -2.45. The molecule has 13 heteroatoms. The summed E-state index contributed by atoms with van der Waals surface area (Å²) in [7, 11) is -4.70. The predicted molar refractivity (Wildman–Crippen MR) is 82.4 cm³/mol. The number of nitrogens with one attached hydrogen (secondary N) is 1. The highest BCUT2D eigenvalue weighted by Crippen LogP contribution is 2.32. The van der Waals surface area contributed by atoms with Gasteiger partial charge in [-0.25, -0.2) is 4.68 Å². The third-order valence-corrected chi connectivity index (χ3v) is 3.95. The number of rotatable bonds is 10. The molecule has 0 radical (unpaired) electrons. The molecule has 0 aliphatic rings. The van der Waals surface area contributed by atoms with E-state index in [1.165, 1.54) is 6.92 Å². The van der Waals surface area contributed by atoms with Crippen LogP contribution in [0.2, 0.25) is 0 Å². The molecular formula is C12H18N5O7P. The Bertz CT molecular complexity index is 725. The van der Waals surface area contributed by atoms with Crippen LogP contribution >= 0.6 is 7.60 Å². The number of nitrogens with two attached hydrogens (primary N) is 1. The van der Waals surface area contributed by atoms with E-state index < -0.39 is 55.4 Å². The van der Waals surface area contributed by atoms with Crippen LogP contribution in [0.1, 0.15) is 26.2 Å². The van der Waals surface area contributed by atoms with Crippen molar-refractivity contribution in [1.29, 1.82) is 0 Å². The molecule has 2 amide bonds. The predicted octanol–water partition coefficient (Wildman–Crippen LogP) is -2.62. The number of nitrogens with zero attached hydrogens (tertiary/aromatic N) is 3. The van der Waals surface area contributed by atoms with Crippen LogP contribution in [0.5, 0.6) is 0 Å². The zero-order valence-corrected chi connectivity index (χ0v) is 14.2. The average molecular weight is 375 g/mol. The molecule has 138 valence electrons. The number of hydrogen-bond acceptors (Lipinski definition) is 7. The fraction of sp³-hybridized carbons (Fsp3) is 0.500. The standard InChI is InChI=1S/C12H18N5O7P/c1-7(18)4-11(21)15-8(9(19)2-3-10(13)20)6-17-12(5-14-16-17)25(22,23)24/h5,8H,2-4,6H2,1H3,(H2,13,20)(H,15,21)(H2,22,23,24)/t8-/m0/s1. The van der Waals surface area contributed by atoms with Gasteiger partial charge >= 0.3 is 7.60 Å². The highest BCUT2D eigenvalue weighted by Gasteiger charge is 2.28. The molecule has 0 aliphatic carbocycles. The van der Waals surface area contributed by atoms with Crippen LogP contribution in [0, 0.1) is 0 Å². The number of carbonyl (C=O) groups is 4. The molecule has 0 aromatic carbocycles. The van der Waals surface area contributed by atoms with Crippen molar-refractivity contribution in [2.45, 2.75) is 38.8 Å². The summed E-state index contributed by atoms with van der Waals surface area (Å²) in [4.78, 5) is 64.2. The number of amides is 2. The van der Waals surface area contributed by atoms with Crippen molar-refractivity contribution < 1.29 is 33.5 Å². The van der Waals surface area contributed by atoms with Gasteiger partial charge in [0.2, 0.25) is 11.8 Å². The van der Waals surface area contributed by atoms with Crippen molar-refractivity contribution in [1.82, 2.24) is 20.3 Å². The van der Waals surface area contributed by atoms with Gasteiger partial charge in [-0.2, -0.15) is 0 Å². The van der Waals surface area contributed by atoms with E-state index in [1.54, 1.807) is 0 Å². The van der Waals surface area contributed by atoms with Crippen LogP contribution in [0.25, 0.3) is 0 Å². The van der Waals surface area contributed by atoms with Gasteiger partial charge < -0.3 is 20.8 Å². The van der Waals surface area contributed by atoms with Gasteiger partial charge in [-0.15, -0.1) is 5.10 Å². The Morgan fingerprint density at radius 1 is 1.32 bits per heavy atom. The van der Waals surface area contributed by atoms with Crippen molar-refractivity contribution in [3.63, 3.8) is 0 Å². The number of Topliss-reactive ketones (excluding diaryl/α,β-unsaturated/α-hetero) is 2. The van der Waals surface area contributed by atoms with Crippen molar-refractivity contribution >= 4 is 36.4 Å². The number of aromatic nitrogens is 3. The Labute approximate surface area is 141 Å². The Morgan fingerprint density at radius 3 is 2.48 bits per heavy atom. The van der Waals surface area contributed by atoms with Gasteiger partial charge in [-0.3, -0.25) is 23.7 Å². The normalized spacial score (nSPS) is 12.4. The maximum absolute atomic E-state index is 12.2. The molecule has 25 heavy (non-hydrogen) atoms. The number of ketones is 2. The minimum atomic E-state index is -4.70. The summed E-state index contributed by atoms with van der Waals surface area (Å²) < 4.78 is 12.1. The lowest BCUT2D eigenvalue weighted by molar-refractivity contribution is -0.131. The van der Waals surface area contributed by atoms with Crippen LogP contribution in [0.4, 0.5) is 0 Å². The summed E-state index contributed by atoms with van der Waals surface area (Å²) in [5, 5.41) is 9.14. The van der Waals surface area contributed by atoms with E-state index in [-0.39, 0.29) is 12.8 Å². The maximum Gasteiger partial charge on any atom is 0.375 e. The van der Waals surface area contributed by atoms with Crippen LogP contribution in [-0.2, 0) is 30.3 Å². The lowest BCUT2D eigenvalue weighted by Gasteiger charge is -2.18. The first kappa shape index (κ1) is 20.6. The van der Waals surface area contributed by atoms with E-state index in [2.05, 4.69) is 15.6 Å². The molecule has 0 bridgehead atoms. The van der Waals surface area contributed by atoms with Gasteiger partial charge in [0.05, 0.1) is 19.2 Å². The largest absolute Gasteiger partial charge is 0.375 e. The summed E-state index contributed by atoms with van der Waals surface area (Å²) in [5.41, 5.74) is 4.43. The Balaban J connectivity index is 2.98. The van der Waals surface area contributed by atoms with Gasteiger partial charge in [0.1, 0.15) is 11.8 Å². The molecule has 5 N–H and O–H groups in total. The SMILES string of the molecule is CC(=O)CC(=O)N[C@@H](Cn1nncc1P(=O)(O)O)C(=O)CCC(N)=O. The van der Waals surface area contributed by atoms with Crippen molar-refractivity contribution in [2.24, 2.45) is 5.73 Å². The molecule has 0 aliphatic heterocycles. The second kappa shape index (κ2) is 8.60. The summed E-state index contributed by atoms with van der Waals surface area (Å²) in [6, 6.07) is -1.27. The van der Waals surface area contributed by atoms with Crippen LogP contribution in [-0.4, -0.2) is 54.2 Å². The van der Waals surface area contributed by atoms with Gasteiger partial charge in [-0.05, 0) is 6.92 Å². The minimum Gasteiger partial charge on any atom is -0.370 e. The third-order valence-electron chi connectivity index (χ3n) is 3.00. The fourth-order valence-electron chi connectivity index (χ4n) is 1.90.